The molecule has 1 N–H and O–H groups in total. The molecule has 1 amide bonds. The van der Waals surface area contributed by atoms with Gasteiger partial charge in [-0.25, -0.2) is 9.37 Å². The van der Waals surface area contributed by atoms with Gasteiger partial charge in [-0.05, 0) is 53.6 Å². The maximum atomic E-state index is 13.5. The summed E-state index contributed by atoms with van der Waals surface area (Å²) < 4.78 is 25.8. The Bertz CT molecular complexity index is 1470. The number of benzene rings is 2. The molecule has 3 heterocycles. The Hall–Kier alpha value is -4.53. The molecule has 0 saturated carbocycles. The van der Waals surface area contributed by atoms with Gasteiger partial charge in [0, 0.05) is 29.9 Å². The van der Waals surface area contributed by atoms with Crippen molar-refractivity contribution in [2.24, 2.45) is 0 Å². The second-order valence-electron chi connectivity index (χ2n) is 7.95. The lowest BCUT2D eigenvalue weighted by Crippen LogP contribution is -2.28. The van der Waals surface area contributed by atoms with E-state index in [4.69, 9.17) is 9.47 Å². The van der Waals surface area contributed by atoms with Gasteiger partial charge >= 0.3 is 0 Å². The summed E-state index contributed by atoms with van der Waals surface area (Å²) in [5.41, 5.74) is 2.68. The summed E-state index contributed by atoms with van der Waals surface area (Å²) in [4.78, 5) is 34.0. The molecule has 0 unspecified atom stereocenters. The SMILES string of the molecule is CCC(=O)Nc1cnc(-c2ccc(F)cc2)n(Cc2cncc(-c3ccc4c(c3)OCO4)c2)c1=O. The predicted octanol–water partition coefficient (Wildman–Crippen LogP) is 4.24. The molecule has 0 bridgehead atoms. The van der Waals surface area contributed by atoms with Crippen LogP contribution in [-0.4, -0.2) is 27.2 Å². The van der Waals surface area contributed by atoms with Crippen LogP contribution in [0.3, 0.4) is 0 Å². The van der Waals surface area contributed by atoms with E-state index in [0.29, 0.717) is 22.9 Å². The molecule has 2 aromatic carbocycles. The number of pyridine rings is 1. The molecule has 0 spiro atoms. The average Bonchev–Trinajstić information content (AvgIpc) is 3.35. The highest BCUT2D eigenvalue weighted by atomic mass is 19.1. The van der Waals surface area contributed by atoms with Crippen LogP contribution in [0, 0.1) is 5.82 Å². The molecule has 5 rings (SSSR count). The summed E-state index contributed by atoms with van der Waals surface area (Å²) in [5.74, 6) is 1.00. The summed E-state index contributed by atoms with van der Waals surface area (Å²) in [6, 6.07) is 13.3. The minimum absolute atomic E-state index is 0.0718. The van der Waals surface area contributed by atoms with E-state index in [-0.39, 0.29) is 31.4 Å². The summed E-state index contributed by atoms with van der Waals surface area (Å²) in [7, 11) is 0. The highest BCUT2D eigenvalue weighted by Gasteiger charge is 2.16. The van der Waals surface area contributed by atoms with Gasteiger partial charge in [-0.2, -0.15) is 0 Å². The Morgan fingerprint density at radius 3 is 2.57 bits per heavy atom. The number of carbonyl (C=O) groups excluding carboxylic acids is 1. The van der Waals surface area contributed by atoms with E-state index in [1.165, 1.54) is 22.9 Å². The van der Waals surface area contributed by atoms with Gasteiger partial charge in [0.1, 0.15) is 17.3 Å². The molecular weight excluding hydrogens is 451 g/mol. The van der Waals surface area contributed by atoms with Gasteiger partial charge in [0.25, 0.3) is 5.56 Å². The van der Waals surface area contributed by atoms with Crippen LogP contribution < -0.4 is 20.3 Å². The van der Waals surface area contributed by atoms with Gasteiger partial charge < -0.3 is 14.8 Å². The van der Waals surface area contributed by atoms with Crippen LogP contribution in [0.2, 0.25) is 0 Å². The minimum Gasteiger partial charge on any atom is -0.454 e. The normalized spacial score (nSPS) is 11.9. The maximum Gasteiger partial charge on any atom is 0.277 e. The van der Waals surface area contributed by atoms with E-state index in [1.807, 2.05) is 24.3 Å². The molecule has 0 fully saturated rings. The van der Waals surface area contributed by atoms with Gasteiger partial charge in [-0.15, -0.1) is 0 Å². The van der Waals surface area contributed by atoms with Gasteiger partial charge in [0.05, 0.1) is 12.7 Å². The van der Waals surface area contributed by atoms with Crippen molar-refractivity contribution in [2.75, 3.05) is 12.1 Å². The molecule has 1 aliphatic heterocycles. The molecule has 0 saturated heterocycles. The summed E-state index contributed by atoms with van der Waals surface area (Å²) in [5, 5.41) is 2.60. The highest BCUT2D eigenvalue weighted by Crippen LogP contribution is 2.36. The number of fused-ring (bicyclic) bond motifs is 1. The Morgan fingerprint density at radius 1 is 1.00 bits per heavy atom. The van der Waals surface area contributed by atoms with Crippen molar-refractivity contribution in [3.05, 3.63) is 88.9 Å². The first-order chi connectivity index (χ1) is 17.0. The number of rotatable bonds is 6. The summed E-state index contributed by atoms with van der Waals surface area (Å²) >= 11 is 0. The van der Waals surface area contributed by atoms with E-state index in [9.17, 15) is 14.0 Å². The first kappa shape index (κ1) is 22.3. The van der Waals surface area contributed by atoms with Crippen molar-refractivity contribution < 1.29 is 18.7 Å². The number of ether oxygens (including phenoxy) is 2. The van der Waals surface area contributed by atoms with Crippen LogP contribution in [0.1, 0.15) is 18.9 Å². The standard InChI is InChI=1S/C26H21FN4O4/c1-2-24(32)30-21-13-29-25(17-3-6-20(27)7-4-17)31(26(21)33)14-16-9-19(12-28-11-16)18-5-8-22-23(10-18)35-15-34-22/h3-13H,2,14-15H2,1H3,(H,30,32). The smallest absolute Gasteiger partial charge is 0.277 e. The van der Waals surface area contributed by atoms with Crippen molar-refractivity contribution in [3.8, 4) is 34.0 Å². The van der Waals surface area contributed by atoms with E-state index in [2.05, 4.69) is 15.3 Å². The van der Waals surface area contributed by atoms with Crippen molar-refractivity contribution in [1.29, 1.82) is 0 Å². The van der Waals surface area contributed by atoms with Gasteiger partial charge in [0.2, 0.25) is 12.7 Å². The third-order valence-corrected chi connectivity index (χ3v) is 5.59. The number of nitrogens with one attached hydrogen (secondary N) is 1. The Balaban J connectivity index is 1.55. The van der Waals surface area contributed by atoms with Gasteiger partial charge in [-0.1, -0.05) is 13.0 Å². The number of hydrogen-bond acceptors (Lipinski definition) is 6. The topological polar surface area (TPSA) is 95.3 Å². The molecule has 176 valence electrons. The average molecular weight is 472 g/mol. The molecule has 0 aliphatic carbocycles. The van der Waals surface area contributed by atoms with Crippen LogP contribution in [-0.2, 0) is 11.3 Å². The first-order valence-electron chi connectivity index (χ1n) is 11.0. The lowest BCUT2D eigenvalue weighted by atomic mass is 10.1. The fourth-order valence-corrected chi connectivity index (χ4v) is 3.78. The van der Waals surface area contributed by atoms with E-state index in [0.717, 1.165) is 16.7 Å². The number of nitrogens with zero attached hydrogens (tertiary/aromatic N) is 3. The fraction of sp³-hybridized carbons (Fsp3) is 0.154. The largest absolute Gasteiger partial charge is 0.454 e. The zero-order valence-corrected chi connectivity index (χ0v) is 18.8. The Labute approximate surface area is 200 Å². The van der Waals surface area contributed by atoms with Gasteiger partial charge in [0.15, 0.2) is 11.5 Å². The van der Waals surface area contributed by atoms with Crippen molar-refractivity contribution >= 4 is 11.6 Å². The molecule has 0 radical (unpaired) electrons. The molecule has 1 aliphatic rings. The lowest BCUT2D eigenvalue weighted by Gasteiger charge is -2.15. The third kappa shape index (κ3) is 4.61. The van der Waals surface area contributed by atoms with Crippen LogP contribution >= 0.6 is 0 Å². The molecule has 4 aromatic rings. The molecule has 9 heteroatoms. The Kier molecular flexibility index (Phi) is 5.97. The number of amides is 1. The maximum absolute atomic E-state index is 13.5. The fourth-order valence-electron chi connectivity index (χ4n) is 3.78. The van der Waals surface area contributed by atoms with Crippen molar-refractivity contribution in [3.63, 3.8) is 0 Å². The van der Waals surface area contributed by atoms with E-state index < -0.39 is 11.4 Å². The van der Waals surface area contributed by atoms with Crippen LogP contribution in [0.15, 0.2) is 71.9 Å². The monoisotopic (exact) mass is 472 g/mol. The van der Waals surface area contributed by atoms with Crippen molar-refractivity contribution in [2.45, 2.75) is 19.9 Å². The molecular formula is C26H21FN4O4. The van der Waals surface area contributed by atoms with E-state index >= 15 is 0 Å². The first-order valence-corrected chi connectivity index (χ1v) is 11.0. The van der Waals surface area contributed by atoms with Gasteiger partial charge in [-0.3, -0.25) is 19.1 Å². The van der Waals surface area contributed by atoms with Crippen molar-refractivity contribution in [1.82, 2.24) is 14.5 Å². The number of hydrogen-bond donors (Lipinski definition) is 1. The molecule has 2 aromatic heterocycles. The lowest BCUT2D eigenvalue weighted by molar-refractivity contribution is -0.115. The quantitative estimate of drug-likeness (QED) is 0.451. The molecule has 8 nitrogen and oxygen atoms in total. The zero-order valence-electron chi connectivity index (χ0n) is 18.8. The van der Waals surface area contributed by atoms with E-state index in [1.54, 1.807) is 31.5 Å². The second kappa shape index (κ2) is 9.38. The molecule has 35 heavy (non-hydrogen) atoms. The predicted molar refractivity (Wildman–Crippen MR) is 128 cm³/mol. The number of halogens is 1. The van der Waals surface area contributed by atoms with Crippen LogP contribution in [0.4, 0.5) is 10.1 Å². The second-order valence-corrected chi connectivity index (χ2v) is 7.95. The van der Waals surface area contributed by atoms with Crippen LogP contribution in [0.5, 0.6) is 11.5 Å². The number of aromatic nitrogens is 3. The summed E-state index contributed by atoms with van der Waals surface area (Å²) in [6.45, 7) is 2.02. The highest BCUT2D eigenvalue weighted by molar-refractivity contribution is 5.90. The summed E-state index contributed by atoms with van der Waals surface area (Å²) in [6.07, 6.45) is 4.93. The number of anilines is 1. The molecule has 0 atom stereocenters. The minimum atomic E-state index is -0.422. The van der Waals surface area contributed by atoms with Crippen LogP contribution in [0.25, 0.3) is 22.5 Å². The Morgan fingerprint density at radius 2 is 1.77 bits per heavy atom. The third-order valence-electron chi connectivity index (χ3n) is 5.59. The zero-order chi connectivity index (χ0) is 24.4. The number of carbonyl (C=O) groups is 1.